The van der Waals surface area contributed by atoms with Gasteiger partial charge in [0.05, 0.1) is 22.5 Å². The Morgan fingerprint density at radius 1 is 1.09 bits per heavy atom. The minimum absolute atomic E-state index is 0.0833. The zero-order chi connectivity index (χ0) is 22.8. The largest absolute Gasteiger partial charge is 0.371 e. The number of anilines is 1. The van der Waals surface area contributed by atoms with Gasteiger partial charge in [0.2, 0.25) is 5.91 Å². The van der Waals surface area contributed by atoms with Gasteiger partial charge >= 0.3 is 0 Å². The first-order valence-corrected chi connectivity index (χ1v) is 11.8. The standard InChI is InChI=1S/C25H29F2N5O/c26-18-5-8-22-23(14-18)30-24(29-22)20-15-19(6-7-21(20)27)32-12-3-4-17(16-32)25(33)28-9-13-31-10-1-2-11-31/h5-8,14-15,17H,1-4,9-13,16H2,(H,28,33)(H,29,30)/t17-/m0/s1. The maximum atomic E-state index is 14.7. The van der Waals surface area contributed by atoms with Gasteiger partial charge in [-0.25, -0.2) is 13.8 Å². The van der Waals surface area contributed by atoms with Gasteiger partial charge < -0.3 is 20.1 Å². The van der Waals surface area contributed by atoms with Gasteiger partial charge in [-0.3, -0.25) is 4.79 Å². The van der Waals surface area contributed by atoms with Crippen molar-refractivity contribution in [2.75, 3.05) is 44.2 Å². The zero-order valence-corrected chi connectivity index (χ0v) is 18.6. The van der Waals surface area contributed by atoms with E-state index in [-0.39, 0.29) is 17.6 Å². The van der Waals surface area contributed by atoms with Crippen LogP contribution < -0.4 is 10.2 Å². The summed E-state index contributed by atoms with van der Waals surface area (Å²) in [5.74, 6) is -0.389. The van der Waals surface area contributed by atoms with Crippen LogP contribution in [0.25, 0.3) is 22.4 Å². The quantitative estimate of drug-likeness (QED) is 0.594. The molecule has 174 valence electrons. The summed E-state index contributed by atoms with van der Waals surface area (Å²) in [5.41, 5.74) is 2.30. The molecule has 2 saturated heterocycles. The molecule has 6 nitrogen and oxygen atoms in total. The van der Waals surface area contributed by atoms with Gasteiger partial charge in [-0.1, -0.05) is 0 Å². The third-order valence-electron chi connectivity index (χ3n) is 6.73. The summed E-state index contributed by atoms with van der Waals surface area (Å²) in [6, 6.07) is 9.20. The molecule has 2 aromatic carbocycles. The van der Waals surface area contributed by atoms with Crippen molar-refractivity contribution in [1.82, 2.24) is 20.2 Å². The number of likely N-dealkylation sites (tertiary alicyclic amines) is 1. The topological polar surface area (TPSA) is 64.3 Å². The molecule has 2 aliphatic rings. The number of piperidine rings is 1. The number of aromatic amines is 1. The van der Waals surface area contributed by atoms with Gasteiger partial charge in [-0.05, 0) is 75.2 Å². The van der Waals surface area contributed by atoms with Crippen LogP contribution in [-0.2, 0) is 4.79 Å². The average molecular weight is 454 g/mol. The number of carbonyl (C=O) groups is 1. The summed E-state index contributed by atoms with van der Waals surface area (Å²) >= 11 is 0. The summed E-state index contributed by atoms with van der Waals surface area (Å²) in [7, 11) is 0. The molecule has 0 saturated carbocycles. The first-order chi connectivity index (χ1) is 16.1. The fraction of sp³-hybridized carbons (Fsp3) is 0.440. The second-order valence-electron chi connectivity index (χ2n) is 9.04. The molecule has 1 atom stereocenters. The fourth-order valence-electron chi connectivity index (χ4n) is 4.91. The fourth-order valence-corrected chi connectivity index (χ4v) is 4.91. The monoisotopic (exact) mass is 453 g/mol. The van der Waals surface area contributed by atoms with Crippen molar-refractivity contribution in [3.8, 4) is 11.4 Å². The van der Waals surface area contributed by atoms with Crippen LogP contribution in [0.2, 0.25) is 0 Å². The second-order valence-corrected chi connectivity index (χ2v) is 9.04. The molecule has 8 heteroatoms. The lowest BCUT2D eigenvalue weighted by Gasteiger charge is -2.34. The molecule has 3 aromatic rings. The van der Waals surface area contributed by atoms with E-state index in [4.69, 9.17) is 0 Å². The second kappa shape index (κ2) is 9.47. The van der Waals surface area contributed by atoms with E-state index in [1.807, 2.05) is 0 Å². The molecule has 0 radical (unpaired) electrons. The molecule has 1 amide bonds. The number of imidazole rings is 1. The van der Waals surface area contributed by atoms with Crippen LogP contribution in [0.5, 0.6) is 0 Å². The van der Waals surface area contributed by atoms with Gasteiger partial charge in [0.1, 0.15) is 17.5 Å². The minimum Gasteiger partial charge on any atom is -0.371 e. The van der Waals surface area contributed by atoms with E-state index in [0.29, 0.717) is 35.5 Å². The smallest absolute Gasteiger partial charge is 0.224 e. The zero-order valence-electron chi connectivity index (χ0n) is 18.6. The van der Waals surface area contributed by atoms with E-state index in [1.165, 1.54) is 31.0 Å². The van der Waals surface area contributed by atoms with Crippen LogP contribution in [0.4, 0.5) is 14.5 Å². The molecular formula is C25H29F2N5O. The van der Waals surface area contributed by atoms with E-state index in [0.717, 1.165) is 44.7 Å². The number of hydrogen-bond donors (Lipinski definition) is 2. The van der Waals surface area contributed by atoms with Crippen molar-refractivity contribution >= 4 is 22.6 Å². The van der Waals surface area contributed by atoms with E-state index >= 15 is 0 Å². The number of benzene rings is 2. The van der Waals surface area contributed by atoms with Crippen LogP contribution in [0.15, 0.2) is 36.4 Å². The summed E-state index contributed by atoms with van der Waals surface area (Å²) in [5, 5.41) is 3.10. The number of fused-ring (bicyclic) bond motifs is 1. The Bertz CT molecular complexity index is 1140. The van der Waals surface area contributed by atoms with Crippen molar-refractivity contribution in [2.24, 2.45) is 5.92 Å². The molecule has 2 fully saturated rings. The molecule has 33 heavy (non-hydrogen) atoms. The van der Waals surface area contributed by atoms with Gasteiger partial charge in [0.25, 0.3) is 0 Å². The van der Waals surface area contributed by atoms with Gasteiger partial charge in [-0.2, -0.15) is 0 Å². The summed E-state index contributed by atoms with van der Waals surface area (Å²) in [6.45, 7) is 5.26. The Morgan fingerprint density at radius 3 is 2.79 bits per heavy atom. The van der Waals surface area contributed by atoms with Crippen molar-refractivity contribution in [3.63, 3.8) is 0 Å². The Balaban J connectivity index is 1.28. The number of halogens is 2. The minimum atomic E-state index is -0.397. The lowest BCUT2D eigenvalue weighted by Crippen LogP contribution is -2.44. The average Bonchev–Trinajstić information content (AvgIpc) is 3.49. The highest BCUT2D eigenvalue weighted by molar-refractivity contribution is 5.81. The number of carbonyl (C=O) groups excluding carboxylic acids is 1. The third-order valence-corrected chi connectivity index (χ3v) is 6.73. The van der Waals surface area contributed by atoms with Crippen molar-refractivity contribution in [3.05, 3.63) is 48.0 Å². The van der Waals surface area contributed by atoms with Gasteiger partial charge in [-0.15, -0.1) is 0 Å². The maximum absolute atomic E-state index is 14.7. The number of amides is 1. The van der Waals surface area contributed by atoms with Crippen LogP contribution in [0.1, 0.15) is 25.7 Å². The molecule has 0 spiro atoms. The SMILES string of the molecule is O=C(NCCN1CCCC1)[C@H]1CCCN(c2ccc(F)c(-c3nc4ccc(F)cc4[nH]3)c2)C1. The van der Waals surface area contributed by atoms with Crippen molar-refractivity contribution < 1.29 is 13.6 Å². The maximum Gasteiger partial charge on any atom is 0.224 e. The lowest BCUT2D eigenvalue weighted by atomic mass is 9.96. The number of nitrogens with one attached hydrogen (secondary N) is 2. The first kappa shape index (κ1) is 21.8. The number of hydrogen-bond acceptors (Lipinski definition) is 4. The molecule has 3 heterocycles. The number of rotatable bonds is 6. The Kier molecular flexibility index (Phi) is 6.26. The summed E-state index contributed by atoms with van der Waals surface area (Å²) in [4.78, 5) is 24.7. The molecule has 2 N–H and O–H groups in total. The third kappa shape index (κ3) is 4.85. The number of nitrogens with zero attached hydrogens (tertiary/aromatic N) is 3. The molecule has 1 aromatic heterocycles. The predicted octanol–water partition coefficient (Wildman–Crippen LogP) is 3.94. The molecule has 0 bridgehead atoms. The Morgan fingerprint density at radius 2 is 1.94 bits per heavy atom. The molecule has 0 aliphatic carbocycles. The Labute approximate surface area is 192 Å². The van der Waals surface area contributed by atoms with Crippen LogP contribution in [0.3, 0.4) is 0 Å². The van der Waals surface area contributed by atoms with Crippen molar-refractivity contribution in [1.29, 1.82) is 0 Å². The molecular weight excluding hydrogens is 424 g/mol. The highest BCUT2D eigenvalue weighted by Gasteiger charge is 2.26. The van der Waals surface area contributed by atoms with Gasteiger partial charge in [0.15, 0.2) is 0 Å². The molecule has 5 rings (SSSR count). The predicted molar refractivity (Wildman–Crippen MR) is 125 cm³/mol. The number of aromatic nitrogens is 2. The lowest BCUT2D eigenvalue weighted by molar-refractivity contribution is -0.125. The van der Waals surface area contributed by atoms with Crippen molar-refractivity contribution in [2.45, 2.75) is 25.7 Å². The van der Waals surface area contributed by atoms with Gasteiger partial charge in [0, 0.05) is 31.9 Å². The van der Waals surface area contributed by atoms with E-state index in [1.54, 1.807) is 18.2 Å². The highest BCUT2D eigenvalue weighted by Crippen LogP contribution is 2.30. The normalized spacial score (nSPS) is 19.3. The number of H-pyrrole nitrogens is 1. The van der Waals surface area contributed by atoms with E-state index in [9.17, 15) is 13.6 Å². The summed E-state index contributed by atoms with van der Waals surface area (Å²) < 4.78 is 28.2. The summed E-state index contributed by atoms with van der Waals surface area (Å²) in [6.07, 6.45) is 4.25. The highest BCUT2D eigenvalue weighted by atomic mass is 19.1. The van der Waals surface area contributed by atoms with E-state index < -0.39 is 5.82 Å². The molecule has 2 aliphatic heterocycles. The van der Waals surface area contributed by atoms with E-state index in [2.05, 4.69) is 25.1 Å². The Hall–Kier alpha value is -3.00. The molecule has 0 unspecified atom stereocenters. The van der Waals surface area contributed by atoms with Crippen LogP contribution >= 0.6 is 0 Å². The van der Waals surface area contributed by atoms with Crippen LogP contribution in [-0.4, -0.2) is 60.0 Å². The first-order valence-electron chi connectivity index (χ1n) is 11.8. The van der Waals surface area contributed by atoms with Crippen LogP contribution in [0, 0.1) is 17.6 Å².